The van der Waals surface area contributed by atoms with Crippen LogP contribution in [-0.4, -0.2) is 34.5 Å². The highest BCUT2D eigenvalue weighted by atomic mass is 32.3. The summed E-state index contributed by atoms with van der Waals surface area (Å²) in [6, 6.07) is 0. The van der Waals surface area contributed by atoms with Gasteiger partial charge >= 0.3 is 20.9 Å². The standard InChI is InChI=1S/C5H11NO2S.C2H6O4S/c1-2-3-4-5-6-9(7)8;1-2-6-7(3,4)5/h2-5H2,1H3;2H2,1H3,(H,3,4,5). The lowest BCUT2D eigenvalue weighted by molar-refractivity contribution is 0.283. The lowest BCUT2D eigenvalue weighted by Gasteiger charge is -1.88. The zero-order chi connectivity index (χ0) is 13.0. The number of hydrogen-bond acceptors (Lipinski definition) is 6. The Hall–Kier alpha value is -0.510. The van der Waals surface area contributed by atoms with Gasteiger partial charge in [0, 0.05) is 0 Å². The van der Waals surface area contributed by atoms with Gasteiger partial charge in [0.2, 0.25) is 0 Å². The monoisotopic (exact) mass is 275 g/mol. The molecule has 0 aromatic carbocycles. The smallest absolute Gasteiger partial charge is 0.264 e. The molecule has 0 aromatic rings. The molecule has 0 fully saturated rings. The molecule has 7 nitrogen and oxygen atoms in total. The lowest BCUT2D eigenvalue weighted by Crippen LogP contribution is -2.01. The molecule has 0 aliphatic carbocycles. The molecule has 0 aliphatic heterocycles. The summed E-state index contributed by atoms with van der Waals surface area (Å²) in [5.74, 6) is 0. The molecule has 0 aliphatic rings. The van der Waals surface area contributed by atoms with Gasteiger partial charge in [0.25, 0.3) is 0 Å². The quantitative estimate of drug-likeness (QED) is 0.573. The number of nitrogens with zero attached hydrogens (tertiary/aromatic N) is 1. The van der Waals surface area contributed by atoms with Crippen molar-refractivity contribution in [3.8, 4) is 0 Å². The van der Waals surface area contributed by atoms with Crippen molar-refractivity contribution < 1.29 is 25.6 Å². The first-order valence-electron chi connectivity index (χ1n) is 4.72. The fourth-order valence-electron chi connectivity index (χ4n) is 0.650. The molecule has 0 aromatic heterocycles. The summed E-state index contributed by atoms with van der Waals surface area (Å²) in [5.41, 5.74) is 0. The zero-order valence-corrected chi connectivity index (χ0v) is 10.9. The lowest BCUT2D eigenvalue weighted by atomic mass is 10.3. The summed E-state index contributed by atoms with van der Waals surface area (Å²) in [4.78, 5) is 0. The van der Waals surface area contributed by atoms with E-state index in [4.69, 9.17) is 4.55 Å². The average Bonchev–Trinajstić information content (AvgIpc) is 2.11. The van der Waals surface area contributed by atoms with Crippen molar-refractivity contribution in [1.82, 2.24) is 0 Å². The molecule has 98 valence electrons. The Bertz CT molecular complexity index is 364. The number of unbranched alkanes of at least 4 members (excludes halogenated alkanes) is 2. The molecule has 1 N–H and O–H groups in total. The van der Waals surface area contributed by atoms with Crippen LogP contribution in [0.25, 0.3) is 0 Å². The van der Waals surface area contributed by atoms with Gasteiger partial charge in [-0.15, -0.1) is 0 Å². The number of hydrogen-bond donors (Lipinski definition) is 1. The van der Waals surface area contributed by atoms with Crippen LogP contribution in [-0.2, 0) is 25.1 Å². The van der Waals surface area contributed by atoms with Crippen LogP contribution < -0.4 is 0 Å². The van der Waals surface area contributed by atoms with Crippen LogP contribution in [0.15, 0.2) is 4.36 Å². The Morgan fingerprint density at radius 2 is 1.81 bits per heavy atom. The van der Waals surface area contributed by atoms with Crippen molar-refractivity contribution in [3.05, 3.63) is 0 Å². The van der Waals surface area contributed by atoms with E-state index >= 15 is 0 Å². The molecule has 0 spiro atoms. The minimum absolute atomic E-state index is 0.0289. The normalized spacial score (nSPS) is 10.2. The molecule has 9 heteroatoms. The van der Waals surface area contributed by atoms with Crippen LogP contribution in [0.5, 0.6) is 0 Å². The van der Waals surface area contributed by atoms with Crippen LogP contribution in [0.2, 0.25) is 0 Å². The van der Waals surface area contributed by atoms with Gasteiger partial charge in [0.05, 0.1) is 13.2 Å². The first kappa shape index (κ1) is 17.9. The van der Waals surface area contributed by atoms with Gasteiger partial charge in [0.1, 0.15) is 0 Å². The Kier molecular flexibility index (Phi) is 12.3. The zero-order valence-electron chi connectivity index (χ0n) is 9.29. The summed E-state index contributed by atoms with van der Waals surface area (Å²) < 4.78 is 53.5. The summed E-state index contributed by atoms with van der Waals surface area (Å²) in [6.45, 7) is 3.95. The Morgan fingerprint density at radius 1 is 1.25 bits per heavy atom. The molecular weight excluding hydrogens is 258 g/mol. The first-order chi connectivity index (χ1) is 7.33. The van der Waals surface area contributed by atoms with Gasteiger partial charge in [-0.05, 0) is 13.3 Å². The van der Waals surface area contributed by atoms with Crippen LogP contribution >= 0.6 is 0 Å². The second kappa shape index (κ2) is 11.0. The van der Waals surface area contributed by atoms with E-state index in [1.54, 1.807) is 0 Å². The highest BCUT2D eigenvalue weighted by Gasteiger charge is 1.98. The Morgan fingerprint density at radius 3 is 2.06 bits per heavy atom. The first-order valence-corrected chi connectivity index (χ1v) is 7.11. The fraction of sp³-hybridized carbons (Fsp3) is 1.00. The molecule has 0 atom stereocenters. The van der Waals surface area contributed by atoms with Crippen LogP contribution in [0.1, 0.15) is 33.1 Å². The van der Waals surface area contributed by atoms with E-state index in [0.29, 0.717) is 6.54 Å². The van der Waals surface area contributed by atoms with Gasteiger partial charge < -0.3 is 0 Å². The van der Waals surface area contributed by atoms with Gasteiger partial charge in [-0.1, -0.05) is 19.8 Å². The van der Waals surface area contributed by atoms with E-state index in [2.05, 4.69) is 15.5 Å². The number of rotatable bonds is 6. The SMILES string of the molecule is CCCCCN=S(=O)=O.CCOS(=O)(=O)O. The largest absolute Gasteiger partial charge is 0.397 e. The molecule has 0 unspecified atom stereocenters. The summed E-state index contributed by atoms with van der Waals surface area (Å²) in [5, 5.41) is 0. The van der Waals surface area contributed by atoms with E-state index in [1.807, 2.05) is 0 Å². The molecule has 0 heterocycles. The Labute approximate surface area is 97.5 Å². The third-order valence-electron chi connectivity index (χ3n) is 1.23. The maximum absolute atomic E-state index is 9.80. The van der Waals surface area contributed by atoms with Gasteiger partial charge in [-0.25, -0.2) is 4.18 Å². The van der Waals surface area contributed by atoms with Crippen molar-refractivity contribution in [2.75, 3.05) is 13.2 Å². The van der Waals surface area contributed by atoms with Gasteiger partial charge in [0.15, 0.2) is 0 Å². The van der Waals surface area contributed by atoms with Crippen molar-refractivity contribution in [1.29, 1.82) is 0 Å². The van der Waals surface area contributed by atoms with Crippen LogP contribution in [0, 0.1) is 0 Å². The predicted molar refractivity (Wildman–Crippen MR) is 58.9 cm³/mol. The van der Waals surface area contributed by atoms with Gasteiger partial charge in [-0.2, -0.15) is 21.2 Å². The average molecular weight is 275 g/mol. The van der Waals surface area contributed by atoms with Crippen molar-refractivity contribution in [2.24, 2.45) is 4.36 Å². The minimum atomic E-state index is -4.17. The molecule has 0 saturated carbocycles. The topological polar surface area (TPSA) is 110 Å². The van der Waals surface area contributed by atoms with Crippen molar-refractivity contribution in [3.63, 3.8) is 0 Å². The third-order valence-corrected chi connectivity index (χ3v) is 2.15. The molecule has 0 radical (unpaired) electrons. The molecular formula is C7H17NO6S2. The van der Waals surface area contributed by atoms with E-state index in [-0.39, 0.29) is 6.61 Å². The van der Waals surface area contributed by atoms with Crippen LogP contribution in [0.4, 0.5) is 0 Å². The second-order valence-electron chi connectivity index (χ2n) is 2.61. The molecule has 16 heavy (non-hydrogen) atoms. The van der Waals surface area contributed by atoms with E-state index in [1.165, 1.54) is 6.92 Å². The van der Waals surface area contributed by atoms with E-state index in [0.717, 1.165) is 19.3 Å². The summed E-state index contributed by atoms with van der Waals surface area (Å²) >= 11 is 0. The summed E-state index contributed by atoms with van der Waals surface area (Å²) in [6.07, 6.45) is 3.03. The predicted octanol–water partition coefficient (Wildman–Crippen LogP) is 1.07. The van der Waals surface area contributed by atoms with E-state index < -0.39 is 20.9 Å². The minimum Gasteiger partial charge on any atom is -0.264 e. The molecule has 0 saturated heterocycles. The fourth-order valence-corrected chi connectivity index (χ4v) is 1.23. The molecule has 0 bridgehead atoms. The Balaban J connectivity index is 0. The highest BCUT2D eigenvalue weighted by Crippen LogP contribution is 1.92. The van der Waals surface area contributed by atoms with Gasteiger partial charge in [-0.3, -0.25) is 4.55 Å². The third kappa shape index (κ3) is 23.4. The van der Waals surface area contributed by atoms with E-state index in [9.17, 15) is 16.8 Å². The van der Waals surface area contributed by atoms with Crippen LogP contribution in [0.3, 0.4) is 0 Å². The maximum Gasteiger partial charge on any atom is 0.397 e. The second-order valence-corrected chi connectivity index (χ2v) is 4.39. The summed E-state index contributed by atoms with van der Waals surface area (Å²) in [7, 11) is -6.37. The molecule has 0 rings (SSSR count). The maximum atomic E-state index is 9.80. The highest BCUT2D eigenvalue weighted by molar-refractivity contribution is 7.80. The molecule has 0 amide bonds. The van der Waals surface area contributed by atoms with Crippen molar-refractivity contribution in [2.45, 2.75) is 33.1 Å². The van der Waals surface area contributed by atoms with Crippen molar-refractivity contribution >= 4 is 20.9 Å².